The number of benzene rings is 2. The molecule has 2 aromatic carbocycles. The second-order valence-electron chi connectivity index (χ2n) is 3.57. The molecule has 4 heteroatoms. The van der Waals surface area contributed by atoms with Crippen molar-refractivity contribution in [2.24, 2.45) is 0 Å². The summed E-state index contributed by atoms with van der Waals surface area (Å²) in [6.07, 6.45) is 1.69. The predicted octanol–water partition coefficient (Wildman–Crippen LogP) is 3.00. The fourth-order valence-corrected chi connectivity index (χ4v) is 1.82. The van der Waals surface area contributed by atoms with Crippen molar-refractivity contribution < 1.29 is 12.9 Å². The summed E-state index contributed by atoms with van der Waals surface area (Å²) in [5.41, 5.74) is 1.59. The monoisotopic (exact) mass is 259 g/mol. The highest BCUT2D eigenvalue weighted by molar-refractivity contribution is 7.74. The van der Waals surface area contributed by atoms with Gasteiger partial charge in [0, 0.05) is 5.56 Å². The van der Waals surface area contributed by atoms with Gasteiger partial charge in [-0.15, -0.1) is 0 Å². The second-order valence-corrected chi connectivity index (χ2v) is 4.15. The second kappa shape index (κ2) is 6.14. The van der Waals surface area contributed by atoms with Gasteiger partial charge < -0.3 is 8.74 Å². The van der Waals surface area contributed by atoms with Crippen LogP contribution in [0.1, 0.15) is 11.1 Å². The van der Waals surface area contributed by atoms with E-state index in [0.29, 0.717) is 11.3 Å². The van der Waals surface area contributed by atoms with E-state index in [1.165, 1.54) is 0 Å². The molecule has 3 nitrogen and oxygen atoms in total. The summed E-state index contributed by atoms with van der Waals surface area (Å²) in [7, 11) is 0. The van der Waals surface area contributed by atoms with Crippen LogP contribution in [0, 0.1) is 0 Å². The summed E-state index contributed by atoms with van der Waals surface area (Å²) in [5.74, 6) is 0.301. The van der Waals surface area contributed by atoms with Crippen LogP contribution in [0.25, 0.3) is 11.8 Å². The summed E-state index contributed by atoms with van der Waals surface area (Å²) >= 11 is -2.59. The zero-order valence-corrected chi connectivity index (χ0v) is 10.3. The van der Waals surface area contributed by atoms with Crippen molar-refractivity contribution in [3.8, 4) is 0 Å². The molecule has 0 aromatic heterocycles. The van der Waals surface area contributed by atoms with Crippen LogP contribution < -0.4 is 0 Å². The van der Waals surface area contributed by atoms with Crippen LogP contribution >= 0.6 is 0 Å². The molecule has 0 fully saturated rings. The zero-order valence-electron chi connectivity index (χ0n) is 9.48. The fourth-order valence-electron chi connectivity index (χ4n) is 1.53. The highest BCUT2D eigenvalue weighted by Crippen LogP contribution is 2.20. The van der Waals surface area contributed by atoms with E-state index < -0.39 is 11.4 Å². The third kappa shape index (κ3) is 3.55. The largest absolute Gasteiger partial charge is 0.740 e. The minimum absolute atomic E-state index is 0.301. The van der Waals surface area contributed by atoms with Gasteiger partial charge in [-0.3, -0.25) is 0 Å². The lowest BCUT2D eigenvalue weighted by atomic mass is 10.1. The SMILES string of the molecule is O=S([O-])OC(=Cc1ccccc1)c1ccccc1. The quantitative estimate of drug-likeness (QED) is 0.482. The molecular formula is C14H11O3S-. The first-order valence-corrected chi connectivity index (χ1v) is 6.35. The maximum Gasteiger partial charge on any atom is 0.147 e. The summed E-state index contributed by atoms with van der Waals surface area (Å²) in [5, 5.41) is 0. The minimum atomic E-state index is -2.59. The predicted molar refractivity (Wildman–Crippen MR) is 70.8 cm³/mol. The molecule has 0 spiro atoms. The first-order chi connectivity index (χ1) is 8.75. The highest BCUT2D eigenvalue weighted by atomic mass is 32.2. The van der Waals surface area contributed by atoms with Crippen LogP contribution in [-0.2, 0) is 15.5 Å². The molecule has 1 atom stereocenters. The van der Waals surface area contributed by atoms with Gasteiger partial charge in [0.25, 0.3) is 0 Å². The van der Waals surface area contributed by atoms with Crippen LogP contribution in [0.2, 0.25) is 0 Å². The van der Waals surface area contributed by atoms with Crippen LogP contribution in [0.15, 0.2) is 60.7 Å². The van der Waals surface area contributed by atoms with Crippen molar-refractivity contribution in [3.05, 3.63) is 71.8 Å². The Morgan fingerprint density at radius 1 is 1.00 bits per heavy atom. The van der Waals surface area contributed by atoms with E-state index in [0.717, 1.165) is 5.56 Å². The highest BCUT2D eigenvalue weighted by Gasteiger charge is 2.03. The molecule has 2 rings (SSSR count). The lowest BCUT2D eigenvalue weighted by Gasteiger charge is -2.11. The van der Waals surface area contributed by atoms with E-state index in [1.807, 2.05) is 48.5 Å². The van der Waals surface area contributed by atoms with Crippen LogP contribution in [0.5, 0.6) is 0 Å². The molecule has 0 saturated heterocycles. The average molecular weight is 259 g/mol. The van der Waals surface area contributed by atoms with E-state index in [9.17, 15) is 8.76 Å². The smallest absolute Gasteiger partial charge is 0.147 e. The van der Waals surface area contributed by atoms with Crippen molar-refractivity contribution in [1.29, 1.82) is 0 Å². The first kappa shape index (κ1) is 12.5. The van der Waals surface area contributed by atoms with Gasteiger partial charge in [-0.2, -0.15) is 0 Å². The lowest BCUT2D eigenvalue weighted by molar-refractivity contribution is 0.423. The fraction of sp³-hybridized carbons (Fsp3) is 0. The Hall–Kier alpha value is -1.91. The number of hydrogen-bond acceptors (Lipinski definition) is 3. The Kier molecular flexibility index (Phi) is 4.28. The summed E-state index contributed by atoms with van der Waals surface area (Å²) in [4.78, 5) is 0. The molecule has 0 bridgehead atoms. The Balaban J connectivity index is 2.37. The van der Waals surface area contributed by atoms with Gasteiger partial charge in [-0.25, -0.2) is 4.21 Å². The molecule has 0 N–H and O–H groups in total. The third-order valence-electron chi connectivity index (χ3n) is 2.31. The van der Waals surface area contributed by atoms with Gasteiger partial charge in [0.2, 0.25) is 0 Å². The van der Waals surface area contributed by atoms with E-state index >= 15 is 0 Å². The normalized spacial score (nSPS) is 13.1. The standard InChI is InChI=1S/C14H12O3S/c15-18(16)17-14(13-9-5-2-6-10-13)11-12-7-3-1-4-8-12/h1-11H,(H,15,16)/p-1. The van der Waals surface area contributed by atoms with E-state index in [4.69, 9.17) is 4.18 Å². The Morgan fingerprint density at radius 2 is 1.56 bits per heavy atom. The molecule has 0 radical (unpaired) electrons. The van der Waals surface area contributed by atoms with Gasteiger partial charge in [0.15, 0.2) is 0 Å². The van der Waals surface area contributed by atoms with Gasteiger partial charge >= 0.3 is 0 Å². The van der Waals surface area contributed by atoms with Crippen molar-refractivity contribution >= 4 is 23.2 Å². The molecule has 1 unspecified atom stereocenters. The Bertz CT molecular complexity index is 550. The van der Waals surface area contributed by atoms with Crippen molar-refractivity contribution in [2.45, 2.75) is 0 Å². The van der Waals surface area contributed by atoms with Crippen molar-refractivity contribution in [3.63, 3.8) is 0 Å². The molecule has 0 aliphatic rings. The molecule has 0 heterocycles. The molecule has 18 heavy (non-hydrogen) atoms. The van der Waals surface area contributed by atoms with E-state index in [-0.39, 0.29) is 0 Å². The maximum atomic E-state index is 10.7. The minimum Gasteiger partial charge on any atom is -0.740 e. The van der Waals surface area contributed by atoms with Crippen molar-refractivity contribution in [1.82, 2.24) is 0 Å². The Morgan fingerprint density at radius 3 is 2.11 bits per heavy atom. The molecular weight excluding hydrogens is 248 g/mol. The van der Waals surface area contributed by atoms with E-state index in [2.05, 4.69) is 0 Å². The summed E-state index contributed by atoms with van der Waals surface area (Å²) in [6, 6.07) is 18.5. The van der Waals surface area contributed by atoms with Crippen LogP contribution in [0.4, 0.5) is 0 Å². The number of rotatable bonds is 4. The van der Waals surface area contributed by atoms with Crippen LogP contribution in [0.3, 0.4) is 0 Å². The average Bonchev–Trinajstić information content (AvgIpc) is 2.40. The molecule has 0 saturated carbocycles. The van der Waals surface area contributed by atoms with Gasteiger partial charge in [0.1, 0.15) is 17.1 Å². The van der Waals surface area contributed by atoms with Crippen LogP contribution in [-0.4, -0.2) is 8.76 Å². The van der Waals surface area contributed by atoms with Crippen molar-refractivity contribution in [2.75, 3.05) is 0 Å². The first-order valence-electron chi connectivity index (χ1n) is 5.35. The zero-order chi connectivity index (χ0) is 12.8. The molecule has 0 aliphatic carbocycles. The summed E-state index contributed by atoms with van der Waals surface area (Å²) in [6.45, 7) is 0. The van der Waals surface area contributed by atoms with Gasteiger partial charge in [0.05, 0.1) is 0 Å². The molecule has 92 valence electrons. The van der Waals surface area contributed by atoms with E-state index in [1.54, 1.807) is 18.2 Å². The third-order valence-corrected chi connectivity index (χ3v) is 2.63. The maximum absolute atomic E-state index is 10.7. The molecule has 0 aliphatic heterocycles. The van der Waals surface area contributed by atoms with Gasteiger partial charge in [-0.1, -0.05) is 60.7 Å². The molecule has 0 amide bonds. The number of hydrogen-bond donors (Lipinski definition) is 0. The summed E-state index contributed by atoms with van der Waals surface area (Å²) < 4.78 is 26.2. The van der Waals surface area contributed by atoms with Gasteiger partial charge in [-0.05, 0) is 11.6 Å². The Labute approximate surface area is 108 Å². The lowest BCUT2D eigenvalue weighted by Crippen LogP contribution is -1.95. The topological polar surface area (TPSA) is 49.4 Å². The molecule has 2 aromatic rings.